The summed E-state index contributed by atoms with van der Waals surface area (Å²) in [7, 11) is 1.77. The van der Waals surface area contributed by atoms with Crippen LogP contribution in [0.15, 0.2) is 48.5 Å². The van der Waals surface area contributed by atoms with Crippen molar-refractivity contribution in [2.24, 2.45) is 0 Å². The van der Waals surface area contributed by atoms with Crippen molar-refractivity contribution in [3.8, 4) is 5.75 Å². The third kappa shape index (κ3) is 3.50. The van der Waals surface area contributed by atoms with Crippen molar-refractivity contribution >= 4 is 0 Å². The van der Waals surface area contributed by atoms with Gasteiger partial charge in [-0.3, -0.25) is 0 Å². The zero-order valence-corrected chi connectivity index (χ0v) is 13.6. The van der Waals surface area contributed by atoms with Gasteiger partial charge in [0, 0.05) is 18.4 Å². The summed E-state index contributed by atoms with van der Waals surface area (Å²) < 4.78 is 5.53. The third-order valence-corrected chi connectivity index (χ3v) is 4.85. The Morgan fingerprint density at radius 1 is 1.00 bits per heavy atom. The molecule has 2 aromatic rings. The summed E-state index contributed by atoms with van der Waals surface area (Å²) in [5.41, 5.74) is 4.18. The van der Waals surface area contributed by atoms with E-state index < -0.39 is 0 Å². The maximum Gasteiger partial charge on any atom is 0.122 e. The molecule has 1 saturated heterocycles. The minimum atomic E-state index is 0.651. The molecule has 0 amide bonds. The predicted molar refractivity (Wildman–Crippen MR) is 90.5 cm³/mol. The molecule has 1 aliphatic heterocycles. The van der Waals surface area contributed by atoms with Gasteiger partial charge < -0.3 is 9.64 Å². The molecule has 0 aromatic heterocycles. The highest BCUT2D eigenvalue weighted by molar-refractivity contribution is 5.36. The van der Waals surface area contributed by atoms with Gasteiger partial charge in [0.05, 0.1) is 20.2 Å². The van der Waals surface area contributed by atoms with Crippen LogP contribution in [0.4, 0.5) is 0 Å². The summed E-state index contributed by atoms with van der Waals surface area (Å²) >= 11 is 0. The zero-order valence-electron chi connectivity index (χ0n) is 13.6. The Balaban J connectivity index is 1.59. The second kappa shape index (κ2) is 6.97. The quantitative estimate of drug-likeness (QED) is 0.916. The van der Waals surface area contributed by atoms with Gasteiger partial charge in [0.1, 0.15) is 12.3 Å². The zero-order chi connectivity index (χ0) is 15.4. The summed E-state index contributed by atoms with van der Waals surface area (Å²) in [5.74, 6) is 1.70. The molecule has 3 rings (SSSR count). The van der Waals surface area contributed by atoms with Gasteiger partial charge in [-0.05, 0) is 24.5 Å². The van der Waals surface area contributed by atoms with Crippen LogP contribution in [0.25, 0.3) is 0 Å². The van der Waals surface area contributed by atoms with E-state index in [2.05, 4.69) is 55.5 Å². The first kappa shape index (κ1) is 15.1. The van der Waals surface area contributed by atoms with Crippen LogP contribution >= 0.6 is 0 Å². The molecule has 0 saturated carbocycles. The molecule has 2 nitrogen and oxygen atoms in total. The van der Waals surface area contributed by atoms with Crippen LogP contribution in [-0.2, 0) is 6.54 Å². The summed E-state index contributed by atoms with van der Waals surface area (Å²) in [6.07, 6.45) is 2.50. The highest BCUT2D eigenvalue weighted by Gasteiger charge is 2.25. The maximum absolute atomic E-state index is 5.53. The predicted octanol–water partition coefficient (Wildman–Crippen LogP) is 2.97. The molecule has 2 aromatic carbocycles. The summed E-state index contributed by atoms with van der Waals surface area (Å²) in [4.78, 5) is 1.70. The normalized spacial score (nSPS) is 21.5. The monoisotopic (exact) mass is 296 g/mol. The smallest absolute Gasteiger partial charge is 0.122 e. The number of hydrogen-bond donors (Lipinski definition) is 1. The first-order valence-corrected chi connectivity index (χ1v) is 8.28. The third-order valence-electron chi connectivity index (χ3n) is 4.85. The summed E-state index contributed by atoms with van der Waals surface area (Å²) in [6.45, 7) is 5.79. The van der Waals surface area contributed by atoms with Crippen molar-refractivity contribution in [3.63, 3.8) is 0 Å². The molecule has 1 heterocycles. The average Bonchev–Trinajstić information content (AvgIpc) is 2.58. The lowest BCUT2D eigenvalue weighted by atomic mass is 9.88. The van der Waals surface area contributed by atoms with Crippen molar-refractivity contribution in [2.45, 2.75) is 32.2 Å². The van der Waals surface area contributed by atoms with Gasteiger partial charge in [0.25, 0.3) is 0 Å². The minimum Gasteiger partial charge on any atom is -0.496 e. The van der Waals surface area contributed by atoms with E-state index in [0.717, 1.165) is 12.3 Å². The molecule has 0 aliphatic carbocycles. The SMILES string of the molecule is COc1ccccc1C1CC[NH+](Cc2ccc(C)cc2)CC1. The molecule has 2 heteroatoms. The van der Waals surface area contributed by atoms with E-state index in [0.29, 0.717) is 5.92 Å². The fourth-order valence-electron chi connectivity index (χ4n) is 3.51. The fraction of sp³-hybridized carbons (Fsp3) is 0.400. The largest absolute Gasteiger partial charge is 0.496 e. The molecule has 1 N–H and O–H groups in total. The number of ether oxygens (including phenoxy) is 1. The van der Waals surface area contributed by atoms with Gasteiger partial charge in [-0.2, -0.15) is 0 Å². The lowest BCUT2D eigenvalue weighted by Gasteiger charge is -2.30. The Kier molecular flexibility index (Phi) is 4.79. The molecular formula is C20H26NO+. The fourth-order valence-corrected chi connectivity index (χ4v) is 3.51. The standard InChI is InChI=1S/C20H25NO/c1-16-7-9-17(10-8-16)15-21-13-11-18(12-14-21)19-5-3-4-6-20(19)22-2/h3-10,18H,11-15H2,1-2H3/p+1. The lowest BCUT2D eigenvalue weighted by molar-refractivity contribution is -0.919. The van der Waals surface area contributed by atoms with Crippen molar-refractivity contribution in [2.75, 3.05) is 20.2 Å². The number of nitrogens with one attached hydrogen (secondary N) is 1. The first-order valence-electron chi connectivity index (χ1n) is 8.28. The Hall–Kier alpha value is -1.80. The van der Waals surface area contributed by atoms with Crippen molar-refractivity contribution in [1.82, 2.24) is 0 Å². The minimum absolute atomic E-state index is 0.651. The van der Waals surface area contributed by atoms with Gasteiger partial charge in [-0.25, -0.2) is 0 Å². The molecule has 0 spiro atoms. The molecule has 0 bridgehead atoms. The highest BCUT2D eigenvalue weighted by Crippen LogP contribution is 2.31. The van der Waals surface area contributed by atoms with Crippen LogP contribution in [0.3, 0.4) is 0 Å². The number of aryl methyl sites for hydroxylation is 1. The summed E-state index contributed by atoms with van der Waals surface area (Å²) in [6, 6.07) is 17.5. The van der Waals surface area contributed by atoms with Crippen LogP contribution in [0.2, 0.25) is 0 Å². The number of piperidine rings is 1. The van der Waals surface area contributed by atoms with Crippen LogP contribution < -0.4 is 9.64 Å². The second-order valence-corrected chi connectivity index (χ2v) is 6.43. The van der Waals surface area contributed by atoms with Gasteiger partial charge in [-0.15, -0.1) is 0 Å². The van der Waals surface area contributed by atoms with E-state index >= 15 is 0 Å². The van der Waals surface area contributed by atoms with E-state index in [1.807, 2.05) is 0 Å². The van der Waals surface area contributed by atoms with Gasteiger partial charge in [-0.1, -0.05) is 48.0 Å². The van der Waals surface area contributed by atoms with Crippen molar-refractivity contribution < 1.29 is 9.64 Å². The van der Waals surface area contributed by atoms with Crippen molar-refractivity contribution in [1.29, 1.82) is 0 Å². The van der Waals surface area contributed by atoms with Crippen molar-refractivity contribution in [3.05, 3.63) is 65.2 Å². The Bertz CT molecular complexity index is 597. The molecule has 0 unspecified atom stereocenters. The highest BCUT2D eigenvalue weighted by atomic mass is 16.5. The van der Waals surface area contributed by atoms with E-state index in [4.69, 9.17) is 4.74 Å². The van der Waals surface area contributed by atoms with Crippen LogP contribution in [0, 0.1) is 6.92 Å². The maximum atomic E-state index is 5.53. The van der Waals surface area contributed by atoms with Gasteiger partial charge in [0.15, 0.2) is 0 Å². The number of para-hydroxylation sites is 1. The summed E-state index contributed by atoms with van der Waals surface area (Å²) in [5, 5.41) is 0. The van der Waals surface area contributed by atoms with Crippen LogP contribution in [0.5, 0.6) is 5.75 Å². The van der Waals surface area contributed by atoms with E-state index in [9.17, 15) is 0 Å². The molecule has 116 valence electrons. The van der Waals surface area contributed by atoms with Crippen LogP contribution in [-0.4, -0.2) is 20.2 Å². The molecule has 1 fully saturated rings. The Labute approximate surface area is 133 Å². The van der Waals surface area contributed by atoms with Gasteiger partial charge in [0.2, 0.25) is 0 Å². The molecule has 22 heavy (non-hydrogen) atoms. The molecule has 0 atom stereocenters. The number of methoxy groups -OCH3 is 1. The molecule has 0 radical (unpaired) electrons. The Morgan fingerprint density at radius 3 is 2.36 bits per heavy atom. The number of benzene rings is 2. The van der Waals surface area contributed by atoms with Gasteiger partial charge >= 0.3 is 0 Å². The van der Waals surface area contributed by atoms with E-state index in [1.54, 1.807) is 12.0 Å². The number of rotatable bonds is 4. The van der Waals surface area contributed by atoms with E-state index in [-0.39, 0.29) is 0 Å². The number of quaternary nitrogens is 1. The molecule has 1 aliphatic rings. The topological polar surface area (TPSA) is 13.7 Å². The number of hydrogen-bond acceptors (Lipinski definition) is 1. The van der Waals surface area contributed by atoms with E-state index in [1.165, 1.54) is 42.6 Å². The number of likely N-dealkylation sites (tertiary alicyclic amines) is 1. The molecular weight excluding hydrogens is 270 g/mol. The second-order valence-electron chi connectivity index (χ2n) is 6.43. The first-order chi connectivity index (χ1) is 10.8. The van der Waals surface area contributed by atoms with Crippen LogP contribution in [0.1, 0.15) is 35.4 Å². The lowest BCUT2D eigenvalue weighted by Crippen LogP contribution is -3.11. The Morgan fingerprint density at radius 2 is 1.68 bits per heavy atom. The average molecular weight is 296 g/mol.